The fourth-order valence-corrected chi connectivity index (χ4v) is 3.01. The highest BCUT2D eigenvalue weighted by atomic mass is 16.5. The molecule has 2 N–H and O–H groups in total. The molecule has 0 spiro atoms. The quantitative estimate of drug-likeness (QED) is 0.781. The van der Waals surface area contributed by atoms with Crippen molar-refractivity contribution < 1.29 is 9.53 Å². The Bertz CT molecular complexity index is 482. The molecule has 5 heteroatoms. The van der Waals surface area contributed by atoms with Crippen LogP contribution in [0.5, 0.6) is 0 Å². The Kier molecular flexibility index (Phi) is 6.71. The van der Waals surface area contributed by atoms with E-state index in [4.69, 9.17) is 10.5 Å². The monoisotopic (exact) mass is 319 g/mol. The van der Waals surface area contributed by atoms with Gasteiger partial charge in [-0.15, -0.1) is 0 Å². The number of anilines is 2. The summed E-state index contributed by atoms with van der Waals surface area (Å²) in [5.74, 6) is 0.0249. The number of hydrogen-bond donors (Lipinski definition) is 1. The molecule has 1 heterocycles. The number of piperidine rings is 1. The average Bonchev–Trinajstić information content (AvgIpc) is 2.60. The lowest BCUT2D eigenvalue weighted by molar-refractivity contribution is -0.148. The predicted molar refractivity (Wildman–Crippen MR) is 95.0 cm³/mol. The molecule has 1 aliphatic rings. The van der Waals surface area contributed by atoms with E-state index in [0.29, 0.717) is 6.61 Å². The summed E-state index contributed by atoms with van der Waals surface area (Å²) < 4.78 is 5.12. The Labute approximate surface area is 139 Å². The van der Waals surface area contributed by atoms with E-state index < -0.39 is 0 Å². The van der Waals surface area contributed by atoms with Crippen LogP contribution in [0.3, 0.4) is 0 Å². The van der Waals surface area contributed by atoms with E-state index >= 15 is 0 Å². The summed E-state index contributed by atoms with van der Waals surface area (Å²) in [5, 5.41) is 0. The van der Waals surface area contributed by atoms with Crippen LogP contribution in [0.4, 0.5) is 11.4 Å². The molecule has 0 saturated carbocycles. The molecule has 1 saturated heterocycles. The molecule has 5 nitrogen and oxygen atoms in total. The van der Waals surface area contributed by atoms with Crippen molar-refractivity contribution in [2.45, 2.75) is 26.2 Å². The zero-order valence-electron chi connectivity index (χ0n) is 14.3. The first-order valence-electron chi connectivity index (χ1n) is 8.58. The Morgan fingerprint density at radius 1 is 1.30 bits per heavy atom. The lowest BCUT2D eigenvalue weighted by Crippen LogP contribution is -2.37. The van der Waals surface area contributed by atoms with Crippen LogP contribution in [0.1, 0.15) is 26.2 Å². The molecule has 0 aliphatic carbocycles. The Morgan fingerprint density at radius 3 is 2.52 bits per heavy atom. The maximum absolute atomic E-state index is 11.8. The van der Waals surface area contributed by atoms with Gasteiger partial charge in [0.15, 0.2) is 0 Å². The lowest BCUT2D eigenvalue weighted by Gasteiger charge is -2.33. The fraction of sp³-hybridized carbons (Fsp3) is 0.611. The van der Waals surface area contributed by atoms with Crippen molar-refractivity contribution in [3.63, 3.8) is 0 Å². The van der Waals surface area contributed by atoms with E-state index in [-0.39, 0.29) is 11.9 Å². The normalized spacial score (nSPS) is 15.5. The summed E-state index contributed by atoms with van der Waals surface area (Å²) in [6, 6.07) is 8.64. The number of carbonyl (C=O) groups is 1. The first-order valence-corrected chi connectivity index (χ1v) is 8.58. The SMILES string of the molecule is CCOC(=O)C1CCN(c2ccc(N(C)CCCN)cc2)CC1. The number of carbonyl (C=O) groups excluding carboxylic acids is 1. The van der Waals surface area contributed by atoms with Crippen molar-refractivity contribution in [1.29, 1.82) is 0 Å². The van der Waals surface area contributed by atoms with Gasteiger partial charge in [0.2, 0.25) is 0 Å². The van der Waals surface area contributed by atoms with Crippen molar-refractivity contribution in [2.24, 2.45) is 11.7 Å². The zero-order chi connectivity index (χ0) is 16.7. The van der Waals surface area contributed by atoms with E-state index in [2.05, 4.69) is 41.1 Å². The molecule has 23 heavy (non-hydrogen) atoms. The summed E-state index contributed by atoms with van der Waals surface area (Å²) in [6.07, 6.45) is 2.74. The number of benzene rings is 1. The van der Waals surface area contributed by atoms with Gasteiger partial charge in [-0.3, -0.25) is 4.79 Å². The molecule has 1 aromatic rings. The molecule has 1 aliphatic heterocycles. The molecule has 0 amide bonds. The number of nitrogens with two attached hydrogens (primary N) is 1. The van der Waals surface area contributed by atoms with Crippen LogP contribution < -0.4 is 15.5 Å². The molecule has 0 radical (unpaired) electrons. The summed E-state index contributed by atoms with van der Waals surface area (Å²) in [6.45, 7) is 5.84. The van der Waals surface area contributed by atoms with Crippen LogP contribution in [0.15, 0.2) is 24.3 Å². The predicted octanol–water partition coefficient (Wildman–Crippen LogP) is 2.25. The third kappa shape index (κ3) is 4.86. The molecular formula is C18H29N3O2. The molecule has 0 aromatic heterocycles. The topological polar surface area (TPSA) is 58.8 Å². The largest absolute Gasteiger partial charge is 0.466 e. The van der Waals surface area contributed by atoms with Gasteiger partial charge in [-0.05, 0) is 57.0 Å². The van der Waals surface area contributed by atoms with Crippen LogP contribution >= 0.6 is 0 Å². The fourth-order valence-electron chi connectivity index (χ4n) is 3.01. The summed E-state index contributed by atoms with van der Waals surface area (Å²) in [4.78, 5) is 16.4. The second kappa shape index (κ2) is 8.77. The van der Waals surface area contributed by atoms with Crippen molar-refractivity contribution >= 4 is 17.3 Å². The van der Waals surface area contributed by atoms with Gasteiger partial charge in [-0.25, -0.2) is 0 Å². The van der Waals surface area contributed by atoms with Gasteiger partial charge in [0, 0.05) is 38.1 Å². The van der Waals surface area contributed by atoms with Crippen molar-refractivity contribution in [1.82, 2.24) is 0 Å². The van der Waals surface area contributed by atoms with Crippen LogP contribution in [-0.2, 0) is 9.53 Å². The van der Waals surface area contributed by atoms with Gasteiger partial charge < -0.3 is 20.3 Å². The number of ether oxygens (including phenoxy) is 1. The minimum atomic E-state index is -0.0379. The van der Waals surface area contributed by atoms with Gasteiger partial charge in [0.05, 0.1) is 12.5 Å². The Hall–Kier alpha value is -1.75. The average molecular weight is 319 g/mol. The number of nitrogens with zero attached hydrogens (tertiary/aromatic N) is 2. The highest BCUT2D eigenvalue weighted by Gasteiger charge is 2.26. The Morgan fingerprint density at radius 2 is 1.96 bits per heavy atom. The van der Waals surface area contributed by atoms with Gasteiger partial charge in [0.1, 0.15) is 0 Å². The highest BCUT2D eigenvalue weighted by molar-refractivity contribution is 5.73. The van der Waals surface area contributed by atoms with E-state index in [0.717, 1.165) is 45.4 Å². The van der Waals surface area contributed by atoms with Crippen LogP contribution in [0.2, 0.25) is 0 Å². The van der Waals surface area contributed by atoms with E-state index in [9.17, 15) is 4.79 Å². The van der Waals surface area contributed by atoms with Gasteiger partial charge >= 0.3 is 5.97 Å². The van der Waals surface area contributed by atoms with Crippen molar-refractivity contribution in [3.05, 3.63) is 24.3 Å². The first-order chi connectivity index (χ1) is 11.2. The van der Waals surface area contributed by atoms with E-state index in [1.165, 1.54) is 11.4 Å². The molecule has 2 rings (SSSR count). The molecule has 1 aromatic carbocycles. The summed E-state index contributed by atoms with van der Waals surface area (Å²) in [5.41, 5.74) is 8.00. The third-order valence-corrected chi connectivity index (χ3v) is 4.47. The second-order valence-corrected chi connectivity index (χ2v) is 6.09. The van der Waals surface area contributed by atoms with Gasteiger partial charge in [-0.2, -0.15) is 0 Å². The number of esters is 1. The molecule has 128 valence electrons. The summed E-state index contributed by atoms with van der Waals surface area (Å²) >= 11 is 0. The molecule has 0 atom stereocenters. The molecule has 0 unspecified atom stereocenters. The third-order valence-electron chi connectivity index (χ3n) is 4.47. The highest BCUT2D eigenvalue weighted by Crippen LogP contribution is 2.26. The maximum atomic E-state index is 11.8. The van der Waals surface area contributed by atoms with E-state index in [1.54, 1.807) is 0 Å². The maximum Gasteiger partial charge on any atom is 0.309 e. The first kappa shape index (κ1) is 17.6. The van der Waals surface area contributed by atoms with Crippen molar-refractivity contribution in [2.75, 3.05) is 49.6 Å². The molecule has 0 bridgehead atoms. The van der Waals surface area contributed by atoms with Crippen LogP contribution in [0, 0.1) is 5.92 Å². The molecule has 1 fully saturated rings. The van der Waals surface area contributed by atoms with Crippen molar-refractivity contribution in [3.8, 4) is 0 Å². The standard InChI is InChI=1S/C18H29N3O2/c1-3-23-18(22)15-9-13-21(14-10-15)17-7-5-16(6-8-17)20(2)12-4-11-19/h5-8,15H,3-4,9-14,19H2,1-2H3. The minimum Gasteiger partial charge on any atom is -0.466 e. The van der Waals surface area contributed by atoms with Gasteiger partial charge in [0.25, 0.3) is 0 Å². The smallest absolute Gasteiger partial charge is 0.309 e. The Balaban J connectivity index is 1.87. The van der Waals surface area contributed by atoms with Crippen LogP contribution in [-0.4, -0.2) is 45.8 Å². The minimum absolute atomic E-state index is 0.0379. The summed E-state index contributed by atoms with van der Waals surface area (Å²) in [7, 11) is 2.09. The molecular weight excluding hydrogens is 290 g/mol. The lowest BCUT2D eigenvalue weighted by atomic mass is 9.96. The number of hydrogen-bond acceptors (Lipinski definition) is 5. The van der Waals surface area contributed by atoms with Crippen LogP contribution in [0.25, 0.3) is 0 Å². The number of rotatable bonds is 7. The van der Waals surface area contributed by atoms with E-state index in [1.807, 2.05) is 6.92 Å². The van der Waals surface area contributed by atoms with Gasteiger partial charge in [-0.1, -0.05) is 0 Å². The zero-order valence-corrected chi connectivity index (χ0v) is 14.3. The second-order valence-electron chi connectivity index (χ2n) is 6.09.